The molecule has 0 aliphatic carbocycles. The molecule has 6 heteroatoms. The monoisotopic (exact) mass is 264 g/mol. The van der Waals surface area contributed by atoms with Crippen LogP contribution in [0.4, 0.5) is 11.4 Å². The number of carbonyl (C=O) groups excluding carboxylic acids is 1. The summed E-state index contributed by atoms with van der Waals surface area (Å²) in [5.74, 6) is 0.0991. The number of carbonyl (C=O) groups is 1. The minimum Gasteiger partial charge on any atom is -0.396 e. The number of hydrogen-bond acceptors (Lipinski definition) is 5. The van der Waals surface area contributed by atoms with E-state index < -0.39 is 0 Å². The number of rotatable bonds is 3. The van der Waals surface area contributed by atoms with E-state index in [-0.39, 0.29) is 11.9 Å². The van der Waals surface area contributed by atoms with E-state index in [9.17, 15) is 4.79 Å². The molecule has 1 fully saturated rings. The predicted molar refractivity (Wildman–Crippen MR) is 73.9 cm³/mol. The van der Waals surface area contributed by atoms with Crippen LogP contribution in [-0.2, 0) is 9.53 Å². The molecular weight excluding hydrogens is 244 g/mol. The molecule has 0 saturated carbocycles. The number of pyridine rings is 1. The van der Waals surface area contributed by atoms with Gasteiger partial charge in [-0.05, 0) is 13.0 Å². The first-order chi connectivity index (χ1) is 9.11. The van der Waals surface area contributed by atoms with Crippen molar-refractivity contribution in [3.05, 3.63) is 18.5 Å². The molecule has 0 radical (unpaired) electrons. The van der Waals surface area contributed by atoms with Crippen molar-refractivity contribution in [3.8, 4) is 0 Å². The van der Waals surface area contributed by atoms with Gasteiger partial charge in [0.05, 0.1) is 30.8 Å². The van der Waals surface area contributed by atoms with Crippen LogP contribution in [0, 0.1) is 0 Å². The van der Waals surface area contributed by atoms with E-state index in [1.54, 1.807) is 12.4 Å². The van der Waals surface area contributed by atoms with Crippen molar-refractivity contribution in [2.45, 2.75) is 13.0 Å². The van der Waals surface area contributed by atoms with Crippen LogP contribution in [-0.4, -0.2) is 55.2 Å². The Balaban J connectivity index is 2.08. The summed E-state index contributed by atoms with van der Waals surface area (Å²) in [6, 6.07) is 1.56. The van der Waals surface area contributed by atoms with Crippen LogP contribution in [0.5, 0.6) is 0 Å². The van der Waals surface area contributed by atoms with Gasteiger partial charge in [-0.15, -0.1) is 0 Å². The standard InChI is InChI=1S/C13H20N4O2/c1-10(13(18)17-5-7-19-8-6-17)16(2)12-3-4-15-9-11(12)14/h3-4,9-10H,5-8,14H2,1-2H3. The number of hydrogen-bond donors (Lipinski definition) is 1. The molecule has 0 bridgehead atoms. The molecule has 0 spiro atoms. The highest BCUT2D eigenvalue weighted by Gasteiger charge is 2.26. The molecule has 1 aliphatic rings. The van der Waals surface area contributed by atoms with Gasteiger partial charge in [0, 0.05) is 26.3 Å². The maximum atomic E-state index is 12.4. The van der Waals surface area contributed by atoms with Crippen molar-refractivity contribution >= 4 is 17.3 Å². The number of nitrogens with two attached hydrogens (primary N) is 1. The van der Waals surface area contributed by atoms with Crippen LogP contribution >= 0.6 is 0 Å². The van der Waals surface area contributed by atoms with Crippen molar-refractivity contribution in [1.29, 1.82) is 0 Å². The number of likely N-dealkylation sites (N-methyl/N-ethyl adjacent to an activating group) is 1. The van der Waals surface area contributed by atoms with Gasteiger partial charge >= 0.3 is 0 Å². The summed E-state index contributed by atoms with van der Waals surface area (Å²) < 4.78 is 5.26. The van der Waals surface area contributed by atoms with Crippen molar-refractivity contribution < 1.29 is 9.53 Å². The average molecular weight is 264 g/mol. The number of morpholine rings is 1. The lowest BCUT2D eigenvalue weighted by molar-refractivity contribution is -0.136. The normalized spacial score (nSPS) is 17.1. The van der Waals surface area contributed by atoms with Crippen molar-refractivity contribution in [2.24, 2.45) is 0 Å². The van der Waals surface area contributed by atoms with Crippen molar-refractivity contribution in [1.82, 2.24) is 9.88 Å². The van der Waals surface area contributed by atoms with Gasteiger partial charge in [0.1, 0.15) is 6.04 Å². The Morgan fingerprint density at radius 2 is 2.21 bits per heavy atom. The fourth-order valence-electron chi connectivity index (χ4n) is 2.14. The van der Waals surface area contributed by atoms with Crippen LogP contribution in [0.15, 0.2) is 18.5 Å². The van der Waals surface area contributed by atoms with E-state index in [1.165, 1.54) is 0 Å². The second-order valence-corrected chi connectivity index (χ2v) is 4.66. The number of nitrogens with zero attached hydrogens (tertiary/aromatic N) is 3. The van der Waals surface area contributed by atoms with Crippen LogP contribution < -0.4 is 10.6 Å². The minimum absolute atomic E-state index is 0.0991. The third-order valence-electron chi connectivity index (χ3n) is 3.47. The fraction of sp³-hybridized carbons (Fsp3) is 0.538. The third kappa shape index (κ3) is 2.96. The first-order valence-electron chi connectivity index (χ1n) is 6.40. The highest BCUT2D eigenvalue weighted by atomic mass is 16.5. The van der Waals surface area contributed by atoms with Crippen LogP contribution in [0.3, 0.4) is 0 Å². The molecule has 2 heterocycles. The highest BCUT2D eigenvalue weighted by Crippen LogP contribution is 2.22. The molecule has 0 aromatic carbocycles. The predicted octanol–water partition coefficient (Wildman–Crippen LogP) is 0.347. The molecule has 19 heavy (non-hydrogen) atoms. The van der Waals surface area contributed by atoms with Gasteiger partial charge in [-0.2, -0.15) is 0 Å². The van der Waals surface area contributed by atoms with E-state index in [0.717, 1.165) is 5.69 Å². The van der Waals surface area contributed by atoms with Crippen molar-refractivity contribution in [3.63, 3.8) is 0 Å². The number of anilines is 2. The summed E-state index contributed by atoms with van der Waals surface area (Å²) >= 11 is 0. The molecule has 1 unspecified atom stereocenters. The second-order valence-electron chi connectivity index (χ2n) is 4.66. The molecule has 1 aliphatic heterocycles. The Labute approximate surface area is 113 Å². The van der Waals surface area contributed by atoms with Crippen molar-refractivity contribution in [2.75, 3.05) is 44.0 Å². The van der Waals surface area contributed by atoms with Crippen LogP contribution in [0.25, 0.3) is 0 Å². The molecule has 1 aromatic rings. The maximum Gasteiger partial charge on any atom is 0.245 e. The number of amides is 1. The summed E-state index contributed by atoms with van der Waals surface area (Å²) in [5, 5.41) is 0. The topological polar surface area (TPSA) is 71.7 Å². The summed E-state index contributed by atoms with van der Waals surface area (Å²) in [4.78, 5) is 20.1. The molecule has 1 saturated heterocycles. The molecule has 1 atom stereocenters. The molecule has 2 rings (SSSR count). The second kappa shape index (κ2) is 5.88. The van der Waals surface area contributed by atoms with Gasteiger partial charge in [-0.25, -0.2) is 0 Å². The SMILES string of the molecule is CC(C(=O)N1CCOCC1)N(C)c1ccncc1N. The molecule has 1 aromatic heterocycles. The Kier molecular flexibility index (Phi) is 4.21. The van der Waals surface area contributed by atoms with Gasteiger partial charge in [-0.3, -0.25) is 9.78 Å². The number of ether oxygens (including phenoxy) is 1. The van der Waals surface area contributed by atoms with Gasteiger partial charge in [0.2, 0.25) is 5.91 Å². The summed E-state index contributed by atoms with van der Waals surface area (Å²) in [5.41, 5.74) is 7.29. The van der Waals surface area contributed by atoms with E-state index in [2.05, 4.69) is 4.98 Å². The average Bonchev–Trinajstić information content (AvgIpc) is 2.46. The lowest BCUT2D eigenvalue weighted by Crippen LogP contribution is -2.49. The highest BCUT2D eigenvalue weighted by molar-refractivity contribution is 5.86. The first kappa shape index (κ1) is 13.6. The van der Waals surface area contributed by atoms with E-state index >= 15 is 0 Å². The van der Waals surface area contributed by atoms with E-state index in [0.29, 0.717) is 32.0 Å². The quantitative estimate of drug-likeness (QED) is 0.852. The maximum absolute atomic E-state index is 12.4. The summed E-state index contributed by atoms with van der Waals surface area (Å²) in [7, 11) is 1.87. The summed E-state index contributed by atoms with van der Waals surface area (Å²) in [6.45, 7) is 4.42. The van der Waals surface area contributed by atoms with Crippen LogP contribution in [0.2, 0.25) is 0 Å². The molecule has 2 N–H and O–H groups in total. The Morgan fingerprint density at radius 1 is 1.53 bits per heavy atom. The zero-order chi connectivity index (χ0) is 13.8. The number of nitrogen functional groups attached to an aromatic ring is 1. The fourth-order valence-corrected chi connectivity index (χ4v) is 2.14. The molecule has 104 valence electrons. The first-order valence-corrected chi connectivity index (χ1v) is 6.40. The Morgan fingerprint density at radius 3 is 2.84 bits per heavy atom. The molecular formula is C13H20N4O2. The minimum atomic E-state index is -0.261. The van der Waals surface area contributed by atoms with E-state index in [1.807, 2.05) is 29.8 Å². The Hall–Kier alpha value is -1.82. The zero-order valence-electron chi connectivity index (χ0n) is 11.4. The summed E-state index contributed by atoms with van der Waals surface area (Å²) in [6.07, 6.45) is 3.27. The third-order valence-corrected chi connectivity index (χ3v) is 3.47. The lowest BCUT2D eigenvalue weighted by Gasteiger charge is -2.33. The largest absolute Gasteiger partial charge is 0.396 e. The van der Waals surface area contributed by atoms with Gasteiger partial charge in [0.15, 0.2) is 0 Å². The smallest absolute Gasteiger partial charge is 0.245 e. The van der Waals surface area contributed by atoms with Crippen LogP contribution in [0.1, 0.15) is 6.92 Å². The van der Waals surface area contributed by atoms with Gasteiger partial charge in [0.25, 0.3) is 0 Å². The lowest BCUT2D eigenvalue weighted by atomic mass is 10.2. The number of aromatic nitrogens is 1. The van der Waals surface area contributed by atoms with E-state index in [4.69, 9.17) is 10.5 Å². The molecule has 6 nitrogen and oxygen atoms in total. The zero-order valence-corrected chi connectivity index (χ0v) is 11.4. The molecule has 1 amide bonds. The van der Waals surface area contributed by atoms with Gasteiger partial charge in [-0.1, -0.05) is 0 Å². The van der Waals surface area contributed by atoms with Gasteiger partial charge < -0.3 is 20.3 Å². The Bertz CT molecular complexity index is 446.